The van der Waals surface area contributed by atoms with Gasteiger partial charge in [-0.25, -0.2) is 0 Å². The minimum Gasteiger partial charge on any atom is -0.146 e. The van der Waals surface area contributed by atoms with Gasteiger partial charge in [0, 0.05) is 5.33 Å². The lowest BCUT2D eigenvalue weighted by Gasteiger charge is -2.09. The maximum Gasteiger partial charge on any atom is 0.248 e. The van der Waals surface area contributed by atoms with Gasteiger partial charge in [0.2, 0.25) is 6.69 Å². The minimum atomic E-state index is -1.84. The zero-order valence-electron chi connectivity index (χ0n) is 23.1. The van der Waals surface area contributed by atoms with Crippen molar-refractivity contribution in [2.24, 2.45) is 0 Å². The van der Waals surface area contributed by atoms with E-state index >= 15 is 0 Å². The number of hydrogen-bond donors (Lipinski definition) is 0. The number of unbranched alkanes of at least 4 members (excludes halogenated alkanes) is 26. The van der Waals surface area contributed by atoms with E-state index in [0.29, 0.717) is 0 Å². The van der Waals surface area contributed by atoms with E-state index in [2.05, 4.69) is 15.9 Å². The fraction of sp³-hybridized carbons (Fsp3) is 1.00. The summed E-state index contributed by atoms with van der Waals surface area (Å²) >= 11 is 15.8. The summed E-state index contributed by atoms with van der Waals surface area (Å²) in [6.45, 7) is 0.203. The van der Waals surface area contributed by atoms with E-state index in [1.807, 2.05) is 6.55 Å². The number of halogens is 3. The van der Waals surface area contributed by atoms with Gasteiger partial charge in [0.05, 0.1) is 0 Å². The molecule has 0 bridgehead atoms. The first kappa shape index (κ1) is 35.3. The van der Waals surface area contributed by atoms with E-state index in [4.69, 9.17) is 22.2 Å². The summed E-state index contributed by atoms with van der Waals surface area (Å²) in [6.07, 6.45) is 38.9. The minimum absolute atomic E-state index is 1.06. The van der Waals surface area contributed by atoms with Crippen molar-refractivity contribution in [1.82, 2.24) is 0 Å². The molecular weight excluding hydrogens is 539 g/mol. The quantitative estimate of drug-likeness (QED) is 0.0347. The monoisotopic (exact) mass is 598 g/mol. The second kappa shape index (κ2) is 28.8. The van der Waals surface area contributed by atoms with Crippen LogP contribution < -0.4 is 0 Å². The Balaban J connectivity index is 3.03. The highest BCUT2D eigenvalue weighted by Gasteiger charge is 2.19. The summed E-state index contributed by atoms with van der Waals surface area (Å²) in [5, 5.41) is 1.18. The predicted molar refractivity (Wildman–Crippen MR) is 167 cm³/mol. The highest BCUT2D eigenvalue weighted by molar-refractivity contribution is 9.09. The Hall–Kier alpha value is 1.28. The van der Waals surface area contributed by atoms with Crippen LogP contribution in [0.3, 0.4) is 0 Å². The van der Waals surface area contributed by atoms with Crippen molar-refractivity contribution in [3.8, 4) is 0 Å². The highest BCUT2D eigenvalue weighted by atomic mass is 79.9. The molecule has 0 aliphatic heterocycles. The first-order valence-electron chi connectivity index (χ1n) is 15.5. The van der Waals surface area contributed by atoms with Crippen LogP contribution in [0.4, 0.5) is 0 Å². The first-order chi connectivity index (χ1) is 16.6. The highest BCUT2D eigenvalue weighted by Crippen LogP contribution is 2.23. The van der Waals surface area contributed by atoms with Gasteiger partial charge in [-0.3, -0.25) is 0 Å². The van der Waals surface area contributed by atoms with Crippen molar-refractivity contribution in [2.75, 3.05) is 5.33 Å². The fourth-order valence-corrected chi connectivity index (χ4v) is 7.02. The lowest BCUT2D eigenvalue weighted by molar-refractivity contribution is 0.515. The fourth-order valence-electron chi connectivity index (χ4n) is 4.95. The van der Waals surface area contributed by atoms with Crippen molar-refractivity contribution >= 4 is 44.8 Å². The zero-order valence-corrected chi connectivity index (χ0v) is 27.2. The molecule has 206 valence electrons. The number of rotatable bonds is 29. The van der Waals surface area contributed by atoms with E-state index in [9.17, 15) is 0 Å². The van der Waals surface area contributed by atoms with Gasteiger partial charge >= 0.3 is 0 Å². The Morgan fingerprint density at radius 3 is 0.706 bits per heavy atom. The average molecular weight is 601 g/mol. The van der Waals surface area contributed by atoms with Gasteiger partial charge in [-0.2, -0.15) is 0 Å². The molecule has 0 rings (SSSR count). The van der Waals surface area contributed by atoms with Gasteiger partial charge in [0.15, 0.2) is 0 Å². The number of alkyl halides is 1. The molecule has 0 aromatic heterocycles. The second-order valence-corrected chi connectivity index (χ2v) is 20.1. The van der Waals surface area contributed by atoms with Gasteiger partial charge in [-0.1, -0.05) is 183 Å². The van der Waals surface area contributed by atoms with E-state index in [1.54, 1.807) is 0 Å². The molecule has 34 heavy (non-hydrogen) atoms. The van der Waals surface area contributed by atoms with Crippen molar-refractivity contribution in [3.05, 3.63) is 0 Å². The molecule has 0 saturated carbocycles. The Morgan fingerprint density at radius 2 is 0.529 bits per heavy atom. The molecule has 0 radical (unpaired) electrons. The van der Waals surface area contributed by atoms with Crippen molar-refractivity contribution < 1.29 is 0 Å². The summed E-state index contributed by atoms with van der Waals surface area (Å²) in [6, 6.07) is 1.06. The van der Waals surface area contributed by atoms with Crippen molar-refractivity contribution in [2.45, 2.75) is 186 Å². The summed E-state index contributed by atoms with van der Waals surface area (Å²) in [7, 11) is 0. The molecule has 0 N–H and O–H groups in total. The van der Waals surface area contributed by atoms with Crippen LogP contribution in [0.25, 0.3) is 0 Å². The van der Waals surface area contributed by atoms with Crippen LogP contribution in [0.1, 0.15) is 173 Å². The van der Waals surface area contributed by atoms with Crippen LogP contribution in [-0.2, 0) is 0 Å². The van der Waals surface area contributed by atoms with E-state index in [-0.39, 0.29) is 0 Å². The largest absolute Gasteiger partial charge is 0.248 e. The van der Waals surface area contributed by atoms with Crippen LogP contribution in [-0.4, -0.2) is 12.0 Å². The van der Waals surface area contributed by atoms with Gasteiger partial charge in [0.25, 0.3) is 0 Å². The normalized spacial score (nSPS) is 12.0. The molecule has 0 spiro atoms. The van der Waals surface area contributed by atoms with Crippen LogP contribution >= 0.6 is 38.1 Å². The third-order valence-electron chi connectivity index (χ3n) is 7.25. The Bertz CT molecular complexity index is 373. The van der Waals surface area contributed by atoms with Crippen LogP contribution in [0.5, 0.6) is 0 Å². The second-order valence-electron chi connectivity index (χ2n) is 11.1. The SMILES string of the molecule is C[Si](Cl)(Cl)CCCCCCCCCCCCCCCCCCCCCCCCCCCCCBr. The van der Waals surface area contributed by atoms with Gasteiger partial charge in [-0.15, -0.1) is 22.2 Å². The molecule has 0 fully saturated rings. The lowest BCUT2D eigenvalue weighted by Crippen LogP contribution is -2.11. The number of hydrogen-bond acceptors (Lipinski definition) is 0. The third-order valence-corrected chi connectivity index (χ3v) is 10.2. The molecular formula is C30H61BrCl2Si. The first-order valence-corrected chi connectivity index (χ1v) is 21.4. The topological polar surface area (TPSA) is 0 Å². The molecule has 4 heteroatoms. The summed E-state index contributed by atoms with van der Waals surface area (Å²) in [5.74, 6) is 0. The molecule has 0 nitrogen and oxygen atoms in total. The Labute approximate surface area is 235 Å². The van der Waals surface area contributed by atoms with Crippen LogP contribution in [0, 0.1) is 0 Å². The average Bonchev–Trinajstić information content (AvgIpc) is 2.80. The maximum absolute atomic E-state index is 6.15. The van der Waals surface area contributed by atoms with E-state index in [0.717, 1.165) is 6.04 Å². The molecule has 0 aliphatic rings. The molecule has 0 aromatic carbocycles. The molecule has 0 aliphatic carbocycles. The smallest absolute Gasteiger partial charge is 0.146 e. The molecule has 0 saturated heterocycles. The molecule has 0 amide bonds. The van der Waals surface area contributed by atoms with Gasteiger partial charge < -0.3 is 0 Å². The van der Waals surface area contributed by atoms with E-state index < -0.39 is 6.69 Å². The standard InChI is InChI=1S/C30H61BrCl2Si/c1-34(32,33)30-28-26-24-22-20-18-16-14-12-10-8-6-4-2-3-5-7-9-11-13-15-17-19-21-23-25-27-29-31/h2-30H2,1H3. The third kappa shape index (κ3) is 33.3. The van der Waals surface area contributed by atoms with Crippen LogP contribution in [0.2, 0.25) is 12.6 Å². The van der Waals surface area contributed by atoms with Gasteiger partial charge in [-0.05, 0) is 19.0 Å². The zero-order chi connectivity index (χ0) is 25.0. The molecule has 0 aromatic rings. The van der Waals surface area contributed by atoms with Crippen molar-refractivity contribution in [3.63, 3.8) is 0 Å². The summed E-state index contributed by atoms with van der Waals surface area (Å²) in [4.78, 5) is 0. The summed E-state index contributed by atoms with van der Waals surface area (Å²) < 4.78 is 0. The van der Waals surface area contributed by atoms with Crippen LogP contribution in [0.15, 0.2) is 0 Å². The Morgan fingerprint density at radius 1 is 0.353 bits per heavy atom. The molecule has 0 atom stereocenters. The van der Waals surface area contributed by atoms with E-state index in [1.165, 1.54) is 179 Å². The predicted octanol–water partition coefficient (Wildman–Crippen LogP) is 13.5. The van der Waals surface area contributed by atoms with Crippen molar-refractivity contribution in [1.29, 1.82) is 0 Å². The summed E-state index contributed by atoms with van der Waals surface area (Å²) in [5.41, 5.74) is 0. The van der Waals surface area contributed by atoms with Gasteiger partial charge in [0.1, 0.15) is 0 Å². The molecule has 0 unspecified atom stereocenters. The molecule has 0 heterocycles. The Kier molecular flexibility index (Phi) is 29.9. The lowest BCUT2D eigenvalue weighted by atomic mass is 10.0. The maximum atomic E-state index is 6.15.